The zero-order valence-corrected chi connectivity index (χ0v) is 40.8. The summed E-state index contributed by atoms with van der Waals surface area (Å²) in [6.45, 7) is 29.2. The van der Waals surface area contributed by atoms with Gasteiger partial charge in [0, 0.05) is 91.6 Å². The molecular weight excluding hydrogens is 795 g/mol. The van der Waals surface area contributed by atoms with Gasteiger partial charge < -0.3 is 39.9 Å². The molecule has 5 heterocycles. The first-order valence-electron chi connectivity index (χ1n) is 23.1. The van der Waals surface area contributed by atoms with Gasteiger partial charge in [-0.05, 0) is 157 Å². The monoisotopic (exact) mass is 884 g/mol. The number of likely N-dealkylation sites (N-methyl/N-ethyl adjacent to an activating group) is 5. The van der Waals surface area contributed by atoms with E-state index in [1.807, 2.05) is 34.0 Å². The van der Waals surface area contributed by atoms with Crippen LogP contribution < -0.4 is 10.6 Å². The van der Waals surface area contributed by atoms with Gasteiger partial charge in [0.2, 0.25) is 0 Å². The lowest BCUT2D eigenvalue weighted by atomic mass is 10.1. The summed E-state index contributed by atoms with van der Waals surface area (Å²) in [6.07, 6.45) is 2.89. The van der Waals surface area contributed by atoms with Crippen molar-refractivity contribution < 1.29 is 22.3 Å². The van der Waals surface area contributed by atoms with Gasteiger partial charge in [-0.3, -0.25) is 9.80 Å². The lowest BCUT2D eigenvalue weighted by molar-refractivity contribution is -0.137. The Labute approximate surface area is 376 Å². The highest BCUT2D eigenvalue weighted by molar-refractivity contribution is 5.23. The summed E-state index contributed by atoms with van der Waals surface area (Å²) in [4.78, 5) is 16.8. The van der Waals surface area contributed by atoms with E-state index < -0.39 is 11.7 Å². The molecule has 0 atom stereocenters. The van der Waals surface area contributed by atoms with E-state index in [4.69, 9.17) is 4.74 Å². The first-order valence-corrected chi connectivity index (χ1v) is 23.1. The number of halogens is 4. The summed E-state index contributed by atoms with van der Waals surface area (Å²) in [5.41, 5.74) is 2.20. The second kappa shape index (κ2) is 35.1. The average molecular weight is 884 g/mol. The van der Waals surface area contributed by atoms with Crippen LogP contribution in [0.3, 0.4) is 0 Å². The zero-order chi connectivity index (χ0) is 46.2. The van der Waals surface area contributed by atoms with Crippen LogP contribution in [0.1, 0.15) is 54.4 Å². The Morgan fingerprint density at radius 1 is 0.484 bits per heavy atom. The highest BCUT2D eigenvalue weighted by Gasteiger charge is 2.29. The third kappa shape index (κ3) is 31.6. The Bertz CT molecular complexity index is 1260. The third-order valence-electron chi connectivity index (χ3n) is 11.3. The fraction of sp³-hybridized carbons (Fsp3) is 0.750. The van der Waals surface area contributed by atoms with Crippen LogP contribution in [0.15, 0.2) is 42.5 Å². The largest absolute Gasteiger partial charge is 0.416 e. The molecule has 2 N–H and O–H groups in total. The predicted molar refractivity (Wildman–Crippen MR) is 254 cm³/mol. The van der Waals surface area contributed by atoms with E-state index in [2.05, 4.69) is 80.2 Å². The number of aryl methyl sites for hydroxylation is 3. The Hall–Kier alpha value is -2.24. The van der Waals surface area contributed by atoms with Crippen molar-refractivity contribution in [1.82, 2.24) is 44.9 Å². The van der Waals surface area contributed by atoms with Crippen molar-refractivity contribution in [3.63, 3.8) is 0 Å². The van der Waals surface area contributed by atoms with Crippen molar-refractivity contribution in [2.45, 2.75) is 59.1 Å². The molecule has 2 aromatic carbocycles. The van der Waals surface area contributed by atoms with Gasteiger partial charge in [-0.2, -0.15) is 13.2 Å². The smallest absolute Gasteiger partial charge is 0.379 e. The molecule has 5 aliphatic rings. The number of likely N-dealkylation sites (tertiary alicyclic amines) is 2. The van der Waals surface area contributed by atoms with E-state index >= 15 is 0 Å². The molecule has 0 bridgehead atoms. The molecule has 5 aliphatic heterocycles. The Morgan fingerprint density at radius 3 is 1.16 bits per heavy atom. The van der Waals surface area contributed by atoms with Gasteiger partial charge in [-0.25, -0.2) is 4.39 Å². The third-order valence-corrected chi connectivity index (χ3v) is 11.3. The number of morpholine rings is 1. The van der Waals surface area contributed by atoms with E-state index in [0.29, 0.717) is 0 Å². The summed E-state index contributed by atoms with van der Waals surface area (Å²) in [5, 5.41) is 6.30. The van der Waals surface area contributed by atoms with Crippen LogP contribution in [0.25, 0.3) is 0 Å². The van der Waals surface area contributed by atoms with Crippen LogP contribution in [0.2, 0.25) is 0 Å². The maximum atomic E-state index is 12.4. The van der Waals surface area contributed by atoms with Crippen LogP contribution in [0.5, 0.6) is 0 Å². The number of hydrogen-bond donors (Lipinski definition) is 2. The van der Waals surface area contributed by atoms with Crippen LogP contribution in [-0.2, 0) is 10.9 Å². The summed E-state index contributed by atoms with van der Waals surface area (Å²) in [7, 11) is 14.9. The van der Waals surface area contributed by atoms with Gasteiger partial charge in [-0.1, -0.05) is 30.2 Å². The topological polar surface area (TPSA) is 56.0 Å². The average Bonchev–Trinajstić information content (AvgIpc) is 3.73. The summed E-state index contributed by atoms with van der Waals surface area (Å²) in [6, 6.07) is 10.0. The number of hydrogen-bond acceptors (Lipinski definition) is 10. The lowest BCUT2D eigenvalue weighted by Gasteiger charge is -2.32. The SMILES string of the molecule is CN1CCCC1.CN1CCCCC1.CN1CCN(C)CC1.CNCCN1CCN(C)CC1.CNCCN1CCOCC1.Cc1cc(C)cc(F)c1.Cc1ccc(C(F)(F)F)cc1. The second-order valence-electron chi connectivity index (χ2n) is 17.5. The summed E-state index contributed by atoms with van der Waals surface area (Å²) in [5.74, 6) is -0.146. The minimum absolute atomic E-state index is 0.146. The number of piperazine rings is 2. The molecule has 7 rings (SSSR count). The van der Waals surface area contributed by atoms with Crippen molar-refractivity contribution in [3.8, 4) is 0 Å². The second-order valence-corrected chi connectivity index (χ2v) is 17.5. The molecule has 0 amide bonds. The zero-order valence-electron chi connectivity index (χ0n) is 40.8. The number of ether oxygens (including phenoxy) is 1. The molecule has 14 heteroatoms. The minimum atomic E-state index is -4.21. The van der Waals surface area contributed by atoms with Crippen molar-refractivity contribution in [2.24, 2.45) is 0 Å². The number of benzene rings is 2. The van der Waals surface area contributed by atoms with Gasteiger partial charge in [0.1, 0.15) is 5.82 Å². The van der Waals surface area contributed by atoms with Crippen molar-refractivity contribution >= 4 is 0 Å². The fourth-order valence-electron chi connectivity index (χ4n) is 6.93. The maximum Gasteiger partial charge on any atom is 0.416 e. The van der Waals surface area contributed by atoms with Crippen LogP contribution in [0, 0.1) is 26.6 Å². The highest BCUT2D eigenvalue weighted by atomic mass is 19.4. The fourth-order valence-corrected chi connectivity index (χ4v) is 6.93. The number of piperidine rings is 1. The van der Waals surface area contributed by atoms with Crippen molar-refractivity contribution in [3.05, 3.63) is 70.5 Å². The van der Waals surface area contributed by atoms with Gasteiger partial charge in [0.25, 0.3) is 0 Å². The van der Waals surface area contributed by atoms with E-state index in [9.17, 15) is 17.6 Å². The van der Waals surface area contributed by atoms with Crippen LogP contribution >= 0.6 is 0 Å². The molecule has 0 spiro atoms. The minimum Gasteiger partial charge on any atom is -0.379 e. The van der Waals surface area contributed by atoms with Gasteiger partial charge in [0.05, 0.1) is 18.8 Å². The van der Waals surface area contributed by atoms with E-state index in [1.54, 1.807) is 6.92 Å². The van der Waals surface area contributed by atoms with Gasteiger partial charge in [-0.15, -0.1) is 0 Å². The first-order chi connectivity index (χ1) is 29.5. The Morgan fingerprint density at radius 2 is 0.839 bits per heavy atom. The quantitative estimate of drug-likeness (QED) is 0.332. The molecule has 5 saturated heterocycles. The molecular formula is C48H89F4N9O. The molecule has 62 heavy (non-hydrogen) atoms. The molecule has 0 unspecified atom stereocenters. The normalized spacial score (nSPS) is 19.6. The number of nitrogens with one attached hydrogen (secondary N) is 2. The molecule has 360 valence electrons. The molecule has 2 aromatic rings. The molecule has 0 radical (unpaired) electrons. The number of nitrogens with zero attached hydrogens (tertiary/aromatic N) is 7. The molecule has 0 aromatic heterocycles. The van der Waals surface area contributed by atoms with E-state index in [0.717, 1.165) is 74.8 Å². The van der Waals surface area contributed by atoms with Crippen molar-refractivity contribution in [1.29, 1.82) is 0 Å². The van der Waals surface area contributed by atoms with E-state index in [1.165, 1.54) is 141 Å². The highest BCUT2D eigenvalue weighted by Crippen LogP contribution is 2.28. The summed E-state index contributed by atoms with van der Waals surface area (Å²) >= 11 is 0. The predicted octanol–water partition coefficient (Wildman–Crippen LogP) is 6.13. The van der Waals surface area contributed by atoms with Crippen LogP contribution in [0.4, 0.5) is 17.6 Å². The lowest BCUT2D eigenvalue weighted by Crippen LogP contribution is -2.46. The van der Waals surface area contributed by atoms with E-state index in [-0.39, 0.29) is 5.82 Å². The first kappa shape index (κ1) is 57.8. The molecule has 5 fully saturated rings. The standard InChI is InChI=1S/C8H7F3.C8H9F.C8H19N3.C7H16N2O.C6H14N2.C6H13N.C5H11N/c1-6-2-4-7(5-3-6)8(9,10)11;1-6-3-7(2)5-8(9)4-6;1-9-3-4-11-7-5-10(2)6-8-11;1-8-2-3-9-4-6-10-7-5-9;1-7-3-5-8(2)6-4-7;1-7-5-3-2-4-6-7;1-6-4-2-3-5-6/h2-5H,1H3;3-5H,1-2H3;9H,3-8H2,1-2H3;8H,2-7H2,1H3;3-6H2,1-2H3;2-6H2,1H3;2-5H2,1H3. The number of alkyl halides is 3. The van der Waals surface area contributed by atoms with Crippen molar-refractivity contribution in [2.75, 3.05) is 180 Å². The number of rotatable bonds is 6. The molecule has 0 saturated carbocycles. The van der Waals surface area contributed by atoms with Crippen LogP contribution in [-0.4, -0.2) is 215 Å². The van der Waals surface area contributed by atoms with Gasteiger partial charge >= 0.3 is 6.18 Å². The Balaban J connectivity index is 0.000000365. The summed E-state index contributed by atoms with van der Waals surface area (Å²) < 4.78 is 53.4. The maximum absolute atomic E-state index is 12.4. The molecule has 0 aliphatic carbocycles. The molecule has 10 nitrogen and oxygen atoms in total. The van der Waals surface area contributed by atoms with Gasteiger partial charge in [0.15, 0.2) is 0 Å². The Kier molecular flexibility index (Phi) is 32.7.